The maximum Gasteiger partial charge on any atom is 0.0536 e. The van der Waals surface area contributed by atoms with Crippen LogP contribution in [-0.4, -0.2) is 46.4 Å². The van der Waals surface area contributed by atoms with E-state index in [1.54, 1.807) is 0 Å². The van der Waals surface area contributed by atoms with Crippen LogP contribution >= 0.6 is 0 Å². The number of piperidine rings is 1. The van der Waals surface area contributed by atoms with Crippen molar-refractivity contribution >= 4 is 0 Å². The SMILES string of the molecule is c1cnn(CCN2CCCCC2CNC2CC2)c1. The first-order chi connectivity index (χ1) is 8.92. The van der Waals surface area contributed by atoms with Gasteiger partial charge in [0.2, 0.25) is 0 Å². The Balaban J connectivity index is 1.47. The molecule has 2 heterocycles. The fraction of sp³-hybridized carbons (Fsp3) is 0.786. The maximum atomic E-state index is 4.28. The van der Waals surface area contributed by atoms with Crippen LogP contribution in [0.3, 0.4) is 0 Å². The zero-order chi connectivity index (χ0) is 12.2. The summed E-state index contributed by atoms with van der Waals surface area (Å²) in [4.78, 5) is 2.65. The third-order valence-electron chi connectivity index (χ3n) is 4.14. The summed E-state index contributed by atoms with van der Waals surface area (Å²) < 4.78 is 2.04. The highest BCUT2D eigenvalue weighted by Gasteiger charge is 2.26. The zero-order valence-electron chi connectivity index (χ0n) is 11.1. The van der Waals surface area contributed by atoms with E-state index in [4.69, 9.17) is 0 Å². The van der Waals surface area contributed by atoms with Crippen molar-refractivity contribution < 1.29 is 0 Å². The first kappa shape index (κ1) is 12.2. The monoisotopic (exact) mass is 248 g/mol. The lowest BCUT2D eigenvalue weighted by atomic mass is 10.0. The van der Waals surface area contributed by atoms with E-state index in [0.29, 0.717) is 0 Å². The average Bonchev–Trinajstić information content (AvgIpc) is 3.09. The number of aromatic nitrogens is 2. The van der Waals surface area contributed by atoms with Crippen molar-refractivity contribution in [3.05, 3.63) is 18.5 Å². The molecule has 1 saturated carbocycles. The number of nitrogens with one attached hydrogen (secondary N) is 1. The second kappa shape index (κ2) is 5.85. The molecule has 1 aliphatic heterocycles. The minimum absolute atomic E-state index is 0.745. The lowest BCUT2D eigenvalue weighted by Crippen LogP contribution is -2.47. The van der Waals surface area contributed by atoms with Crippen molar-refractivity contribution in [1.82, 2.24) is 20.0 Å². The fourth-order valence-electron chi connectivity index (χ4n) is 2.84. The summed E-state index contributed by atoms with van der Waals surface area (Å²) in [6.07, 6.45) is 10.8. The Bertz CT molecular complexity index is 345. The molecule has 1 N–H and O–H groups in total. The molecule has 1 saturated heterocycles. The number of likely N-dealkylation sites (tertiary alicyclic amines) is 1. The van der Waals surface area contributed by atoms with Crippen LogP contribution < -0.4 is 5.32 Å². The maximum absolute atomic E-state index is 4.28. The average molecular weight is 248 g/mol. The van der Waals surface area contributed by atoms with E-state index >= 15 is 0 Å². The Morgan fingerprint density at radius 2 is 2.11 bits per heavy atom. The third kappa shape index (κ3) is 3.33. The molecule has 1 atom stereocenters. The largest absolute Gasteiger partial charge is 0.312 e. The molecule has 18 heavy (non-hydrogen) atoms. The van der Waals surface area contributed by atoms with Gasteiger partial charge < -0.3 is 5.32 Å². The Hall–Kier alpha value is -0.870. The van der Waals surface area contributed by atoms with Gasteiger partial charge >= 0.3 is 0 Å². The van der Waals surface area contributed by atoms with Crippen molar-refractivity contribution in [2.45, 2.75) is 50.7 Å². The van der Waals surface area contributed by atoms with Crippen molar-refractivity contribution in [3.63, 3.8) is 0 Å². The predicted octanol–water partition coefficient (Wildman–Crippen LogP) is 1.49. The quantitative estimate of drug-likeness (QED) is 0.828. The molecule has 2 aliphatic rings. The van der Waals surface area contributed by atoms with Gasteiger partial charge in [-0.2, -0.15) is 5.10 Å². The Kier molecular flexibility index (Phi) is 3.96. The molecule has 0 spiro atoms. The van der Waals surface area contributed by atoms with E-state index in [1.165, 1.54) is 45.2 Å². The van der Waals surface area contributed by atoms with Crippen molar-refractivity contribution in [2.24, 2.45) is 0 Å². The predicted molar refractivity (Wildman–Crippen MR) is 72.5 cm³/mol. The van der Waals surface area contributed by atoms with E-state index < -0.39 is 0 Å². The standard InChI is InChI=1S/C14H24N4/c1-2-8-17(10-11-18-9-3-7-16-18)14(4-1)12-15-13-5-6-13/h3,7,9,13-15H,1-2,4-6,8,10-12H2. The normalized spacial score (nSPS) is 25.4. The second-order valence-electron chi connectivity index (χ2n) is 5.64. The van der Waals surface area contributed by atoms with Crippen LogP contribution in [0.5, 0.6) is 0 Å². The molecule has 0 amide bonds. The molecule has 4 heteroatoms. The van der Waals surface area contributed by atoms with Crippen LogP contribution in [0, 0.1) is 0 Å². The third-order valence-corrected chi connectivity index (χ3v) is 4.14. The van der Waals surface area contributed by atoms with Gasteiger partial charge in [0.15, 0.2) is 0 Å². The van der Waals surface area contributed by atoms with Crippen LogP contribution in [0.25, 0.3) is 0 Å². The molecule has 0 bridgehead atoms. The van der Waals surface area contributed by atoms with Crippen LogP contribution in [0.1, 0.15) is 32.1 Å². The molecular formula is C14H24N4. The second-order valence-corrected chi connectivity index (χ2v) is 5.64. The molecule has 3 rings (SSSR count). The summed E-state index contributed by atoms with van der Waals surface area (Å²) in [5, 5.41) is 7.97. The summed E-state index contributed by atoms with van der Waals surface area (Å²) in [6.45, 7) is 4.60. The van der Waals surface area contributed by atoms with Gasteiger partial charge in [-0.15, -0.1) is 0 Å². The van der Waals surface area contributed by atoms with E-state index in [9.17, 15) is 0 Å². The Labute approximate surface area is 109 Å². The highest BCUT2D eigenvalue weighted by Crippen LogP contribution is 2.21. The van der Waals surface area contributed by atoms with Gasteiger partial charge in [0.1, 0.15) is 0 Å². The van der Waals surface area contributed by atoms with Crippen LogP contribution in [0.4, 0.5) is 0 Å². The Morgan fingerprint density at radius 3 is 2.89 bits per heavy atom. The highest BCUT2D eigenvalue weighted by atomic mass is 15.3. The molecule has 1 aliphatic carbocycles. The summed E-state index contributed by atoms with van der Waals surface area (Å²) in [5.41, 5.74) is 0. The van der Waals surface area contributed by atoms with Gasteiger partial charge in [0.25, 0.3) is 0 Å². The molecule has 100 valence electrons. The minimum atomic E-state index is 0.745. The molecule has 1 aromatic rings. The molecule has 1 unspecified atom stereocenters. The summed E-state index contributed by atoms with van der Waals surface area (Å²) in [5.74, 6) is 0. The first-order valence-corrected chi connectivity index (χ1v) is 7.37. The van der Waals surface area contributed by atoms with Crippen molar-refractivity contribution in [3.8, 4) is 0 Å². The van der Waals surface area contributed by atoms with Gasteiger partial charge in [-0.25, -0.2) is 0 Å². The Morgan fingerprint density at radius 1 is 1.17 bits per heavy atom. The van der Waals surface area contributed by atoms with Crippen molar-refractivity contribution in [1.29, 1.82) is 0 Å². The number of hydrogen-bond donors (Lipinski definition) is 1. The van der Waals surface area contributed by atoms with Gasteiger partial charge in [0, 0.05) is 37.6 Å². The van der Waals surface area contributed by atoms with Gasteiger partial charge in [-0.1, -0.05) is 6.42 Å². The first-order valence-electron chi connectivity index (χ1n) is 7.37. The smallest absolute Gasteiger partial charge is 0.0536 e. The molecular weight excluding hydrogens is 224 g/mol. The zero-order valence-corrected chi connectivity index (χ0v) is 11.1. The lowest BCUT2D eigenvalue weighted by molar-refractivity contribution is 0.138. The minimum Gasteiger partial charge on any atom is -0.312 e. The number of nitrogens with zero attached hydrogens (tertiary/aromatic N) is 3. The molecule has 2 fully saturated rings. The van der Waals surface area contributed by atoms with Gasteiger partial charge in [0.05, 0.1) is 6.54 Å². The lowest BCUT2D eigenvalue weighted by Gasteiger charge is -2.36. The van der Waals surface area contributed by atoms with Gasteiger partial charge in [-0.05, 0) is 38.3 Å². The summed E-state index contributed by atoms with van der Waals surface area (Å²) >= 11 is 0. The molecule has 0 radical (unpaired) electrons. The molecule has 4 nitrogen and oxygen atoms in total. The van der Waals surface area contributed by atoms with Crippen molar-refractivity contribution in [2.75, 3.05) is 19.6 Å². The van der Waals surface area contributed by atoms with E-state index in [2.05, 4.69) is 21.5 Å². The molecule has 0 aromatic carbocycles. The number of rotatable bonds is 6. The number of hydrogen-bond acceptors (Lipinski definition) is 3. The van der Waals surface area contributed by atoms with Gasteiger partial charge in [-0.3, -0.25) is 9.58 Å². The summed E-state index contributed by atoms with van der Waals surface area (Å²) in [7, 11) is 0. The fourth-order valence-corrected chi connectivity index (χ4v) is 2.84. The summed E-state index contributed by atoms with van der Waals surface area (Å²) in [6, 6.07) is 3.58. The topological polar surface area (TPSA) is 33.1 Å². The van der Waals surface area contributed by atoms with Crippen LogP contribution in [-0.2, 0) is 6.54 Å². The van der Waals surface area contributed by atoms with Crippen LogP contribution in [0.15, 0.2) is 18.5 Å². The molecule has 1 aromatic heterocycles. The van der Waals surface area contributed by atoms with Crippen LogP contribution in [0.2, 0.25) is 0 Å². The van der Waals surface area contributed by atoms with E-state index in [0.717, 1.165) is 25.2 Å². The van der Waals surface area contributed by atoms with E-state index in [-0.39, 0.29) is 0 Å². The van der Waals surface area contributed by atoms with E-state index in [1.807, 2.05) is 16.9 Å². The highest BCUT2D eigenvalue weighted by molar-refractivity contribution is 4.86.